The molecule has 3 fully saturated rings. The van der Waals surface area contributed by atoms with E-state index in [4.69, 9.17) is 23.7 Å². The van der Waals surface area contributed by atoms with Crippen molar-refractivity contribution in [1.29, 1.82) is 0 Å². The van der Waals surface area contributed by atoms with Crippen LogP contribution in [-0.2, 0) is 44.5 Å². The van der Waals surface area contributed by atoms with Gasteiger partial charge in [0.15, 0.2) is 17.7 Å². The molecule has 0 aliphatic carbocycles. The number of amides is 1. The Kier molecular flexibility index (Phi) is 14.4. The predicted octanol–water partition coefficient (Wildman–Crippen LogP) is 4.75. The highest BCUT2D eigenvalue weighted by Crippen LogP contribution is 2.43. The van der Waals surface area contributed by atoms with E-state index >= 15 is 4.39 Å². The zero-order chi connectivity index (χ0) is 40.2. The highest BCUT2D eigenvalue weighted by atomic mass is 19.1. The number of aliphatic hydroxyl groups excluding tert-OH is 1. The van der Waals surface area contributed by atoms with Gasteiger partial charge in [-0.05, 0) is 84.4 Å². The molecule has 4 heterocycles. The summed E-state index contributed by atoms with van der Waals surface area (Å²) in [7, 11) is 1.40. The molecule has 4 rings (SSSR count). The summed E-state index contributed by atoms with van der Waals surface area (Å²) in [5, 5.41) is 14.6. The van der Waals surface area contributed by atoms with Crippen LogP contribution in [0.3, 0.4) is 0 Å². The number of Topliss-reactive ketones (excluding diaryl/α,β-unsaturated/α-hetero) is 2. The second kappa shape index (κ2) is 17.8. The van der Waals surface area contributed by atoms with Crippen molar-refractivity contribution in [2.75, 3.05) is 20.2 Å². The summed E-state index contributed by atoms with van der Waals surface area (Å²) < 4.78 is 47.2. The molecule has 304 valence electrons. The number of pyridine rings is 1. The van der Waals surface area contributed by atoms with E-state index in [0.29, 0.717) is 19.4 Å². The standard InChI is InChI=1S/C40H62FN3O10/c1-11-29-40(9)32(44(37(49)54-40)19-14-13-16-27-17-15-18-42-22-27)25(5)30(45)23(3)21-38(7,50-10)34(26(6)33(47)39(8,41)36(48)52-29)53-35-31(46)28(43-12-2)20-24(4)51-35/h15,17-18,22-26,28-29,31-32,34-35,43,46H,11-14,16,19-21H2,1-10H3/t23-,24-,25+,26-,28+,29-,31+,32?,34-,35+,38-,39+,40-/m1/s1. The maximum atomic E-state index is 16.8. The molecule has 1 aromatic heterocycles. The number of nitrogens with zero attached hydrogens (tertiary/aromatic N) is 2. The van der Waals surface area contributed by atoms with Gasteiger partial charge in [-0.2, -0.15) is 0 Å². The van der Waals surface area contributed by atoms with Crippen molar-refractivity contribution in [2.24, 2.45) is 17.8 Å². The van der Waals surface area contributed by atoms with E-state index in [1.807, 2.05) is 26.0 Å². The zero-order valence-corrected chi connectivity index (χ0v) is 33.6. The average Bonchev–Trinajstić information content (AvgIpc) is 3.40. The number of ketones is 2. The number of ether oxygens (including phenoxy) is 5. The summed E-state index contributed by atoms with van der Waals surface area (Å²) in [6, 6.07) is 2.56. The molecule has 0 saturated carbocycles. The first-order valence-electron chi connectivity index (χ1n) is 19.5. The molecule has 0 spiro atoms. The lowest BCUT2D eigenvalue weighted by atomic mass is 9.73. The first-order chi connectivity index (χ1) is 25.4. The van der Waals surface area contributed by atoms with Crippen molar-refractivity contribution < 1.29 is 52.4 Å². The Bertz CT molecular complexity index is 1470. The van der Waals surface area contributed by atoms with E-state index in [0.717, 1.165) is 25.3 Å². The molecule has 1 unspecified atom stereocenters. The van der Waals surface area contributed by atoms with Crippen LogP contribution in [0, 0.1) is 17.8 Å². The van der Waals surface area contributed by atoms with Crippen LogP contribution >= 0.6 is 0 Å². The number of carbonyl (C=O) groups excluding carboxylic acids is 4. The van der Waals surface area contributed by atoms with E-state index in [2.05, 4.69) is 10.3 Å². The molecule has 2 N–H and O–H groups in total. The number of cyclic esters (lactones) is 1. The van der Waals surface area contributed by atoms with Gasteiger partial charge < -0.3 is 39.0 Å². The van der Waals surface area contributed by atoms with Crippen molar-refractivity contribution >= 4 is 23.6 Å². The number of rotatable bonds is 11. The number of alkyl halides is 1. The Morgan fingerprint density at radius 2 is 1.78 bits per heavy atom. The first kappa shape index (κ1) is 43.7. The summed E-state index contributed by atoms with van der Waals surface area (Å²) in [5.41, 5.74) is -5.10. The van der Waals surface area contributed by atoms with E-state index in [1.54, 1.807) is 47.0 Å². The quantitative estimate of drug-likeness (QED) is 0.181. The van der Waals surface area contributed by atoms with Gasteiger partial charge in [0.05, 0.1) is 23.9 Å². The van der Waals surface area contributed by atoms with Gasteiger partial charge in [-0.25, -0.2) is 14.0 Å². The summed E-state index contributed by atoms with van der Waals surface area (Å²) in [6.45, 7) is 15.3. The Balaban J connectivity index is 1.74. The molecular formula is C40H62FN3O10. The van der Waals surface area contributed by atoms with E-state index in [9.17, 15) is 24.3 Å². The third kappa shape index (κ3) is 8.98. The molecule has 13 nitrogen and oxygen atoms in total. The fourth-order valence-electron chi connectivity index (χ4n) is 8.85. The number of hydrogen-bond acceptors (Lipinski definition) is 12. The number of fused-ring (bicyclic) bond motifs is 1. The van der Waals surface area contributed by atoms with Gasteiger partial charge in [0.25, 0.3) is 5.67 Å². The van der Waals surface area contributed by atoms with Crippen molar-refractivity contribution in [1.82, 2.24) is 15.2 Å². The minimum Gasteiger partial charge on any atom is -0.455 e. The van der Waals surface area contributed by atoms with Crippen molar-refractivity contribution in [3.05, 3.63) is 30.1 Å². The zero-order valence-electron chi connectivity index (χ0n) is 33.6. The second-order valence-electron chi connectivity index (χ2n) is 16.0. The van der Waals surface area contributed by atoms with Crippen molar-refractivity contribution in [3.63, 3.8) is 0 Å². The maximum Gasteiger partial charge on any atom is 0.410 e. The van der Waals surface area contributed by atoms with Crippen LogP contribution in [-0.4, -0.2) is 118 Å². The van der Waals surface area contributed by atoms with Crippen LogP contribution < -0.4 is 5.32 Å². The van der Waals surface area contributed by atoms with Crippen LogP contribution in [0.4, 0.5) is 9.18 Å². The summed E-state index contributed by atoms with van der Waals surface area (Å²) in [4.78, 5) is 61.9. The summed E-state index contributed by atoms with van der Waals surface area (Å²) in [5.74, 6) is -5.70. The SMILES string of the molecule is CCN[C@H]1C[C@@H](C)O[C@@H](O[C@@H]2[C@H](C)C(=O)[C@](C)(F)C(=O)O[C@H](CC)[C@@]3(C)OC(=O)N(CCCCc4cccnc4)C3[C@@H](C)C(=O)[C@H](C)C[C@@]2(C)OC)[C@H]1O. The third-order valence-electron chi connectivity index (χ3n) is 11.9. The molecule has 3 aliphatic heterocycles. The normalized spacial score (nSPS) is 39.8. The fraction of sp³-hybridized carbons (Fsp3) is 0.775. The van der Waals surface area contributed by atoms with E-state index in [1.165, 1.54) is 18.9 Å². The highest BCUT2D eigenvalue weighted by molar-refractivity contribution is 6.08. The Hall–Kier alpha value is -3.04. The lowest BCUT2D eigenvalue weighted by Gasteiger charge is -2.46. The molecule has 14 heteroatoms. The highest BCUT2D eigenvalue weighted by Gasteiger charge is 2.61. The van der Waals surface area contributed by atoms with Crippen LogP contribution in [0.15, 0.2) is 24.5 Å². The minimum absolute atomic E-state index is 0.0119. The van der Waals surface area contributed by atoms with Gasteiger partial charge in [-0.15, -0.1) is 0 Å². The van der Waals surface area contributed by atoms with Gasteiger partial charge in [0, 0.05) is 49.8 Å². The number of aryl methyl sites for hydroxylation is 1. The molecule has 3 aliphatic rings. The van der Waals surface area contributed by atoms with Crippen molar-refractivity contribution in [2.45, 2.75) is 160 Å². The number of carbonyl (C=O) groups is 4. The number of hydrogen-bond donors (Lipinski definition) is 2. The Labute approximate surface area is 319 Å². The molecule has 0 radical (unpaired) electrons. The van der Waals surface area contributed by atoms with Gasteiger partial charge in [0.2, 0.25) is 0 Å². The van der Waals surface area contributed by atoms with Gasteiger partial charge in [-0.1, -0.05) is 40.7 Å². The number of nitrogens with one attached hydrogen (secondary N) is 1. The molecule has 0 aromatic carbocycles. The summed E-state index contributed by atoms with van der Waals surface area (Å²) in [6.07, 6.45) is 0.261. The largest absolute Gasteiger partial charge is 0.455 e. The van der Waals surface area contributed by atoms with E-state index < -0.39 is 83.1 Å². The minimum atomic E-state index is -3.16. The third-order valence-corrected chi connectivity index (χ3v) is 11.9. The molecule has 0 bridgehead atoms. The monoisotopic (exact) mass is 763 g/mol. The Morgan fingerprint density at radius 3 is 2.39 bits per heavy atom. The number of aliphatic hydroxyl groups is 1. The molecule has 13 atom stereocenters. The predicted molar refractivity (Wildman–Crippen MR) is 197 cm³/mol. The van der Waals surface area contributed by atoms with Crippen molar-refractivity contribution in [3.8, 4) is 0 Å². The van der Waals surface area contributed by atoms with Gasteiger partial charge in [0.1, 0.15) is 18.0 Å². The average molecular weight is 764 g/mol. The maximum absolute atomic E-state index is 16.8. The second-order valence-corrected chi connectivity index (χ2v) is 16.0. The number of unbranched alkanes of at least 4 members (excludes halogenated alkanes) is 1. The number of methoxy groups -OCH3 is 1. The molecular weight excluding hydrogens is 701 g/mol. The fourth-order valence-corrected chi connectivity index (χ4v) is 8.85. The Morgan fingerprint density at radius 1 is 1.07 bits per heavy atom. The summed E-state index contributed by atoms with van der Waals surface area (Å²) >= 11 is 0. The molecule has 3 saturated heterocycles. The number of aromatic nitrogens is 1. The molecule has 54 heavy (non-hydrogen) atoms. The molecule has 1 aromatic rings. The number of halogens is 1. The topological polar surface area (TPSA) is 163 Å². The van der Waals surface area contributed by atoms with Crippen LogP contribution in [0.5, 0.6) is 0 Å². The van der Waals surface area contributed by atoms with E-state index in [-0.39, 0.29) is 37.3 Å². The molecule has 1 amide bonds. The van der Waals surface area contributed by atoms with Gasteiger partial charge >= 0.3 is 12.1 Å². The number of esters is 1. The lowest BCUT2D eigenvalue weighted by molar-refractivity contribution is -0.290. The van der Waals surface area contributed by atoms with Crippen LogP contribution in [0.25, 0.3) is 0 Å². The smallest absolute Gasteiger partial charge is 0.410 e. The van der Waals surface area contributed by atoms with Crippen LogP contribution in [0.1, 0.15) is 100.0 Å². The lowest BCUT2D eigenvalue weighted by Crippen LogP contribution is -2.62. The van der Waals surface area contributed by atoms with Gasteiger partial charge in [-0.3, -0.25) is 14.6 Å². The van der Waals surface area contributed by atoms with Crippen LogP contribution in [0.2, 0.25) is 0 Å². The first-order valence-corrected chi connectivity index (χ1v) is 19.5. The number of likely N-dealkylation sites (N-methyl/N-ethyl adjacent to an activating group) is 1.